The van der Waals surface area contributed by atoms with Gasteiger partial charge in [-0.25, -0.2) is 0 Å². The van der Waals surface area contributed by atoms with Crippen LogP contribution in [0.5, 0.6) is 0 Å². The van der Waals surface area contributed by atoms with Gasteiger partial charge in [0.15, 0.2) is 0 Å². The molecule has 0 spiro atoms. The predicted octanol–water partition coefficient (Wildman–Crippen LogP) is 3.39. The van der Waals surface area contributed by atoms with Crippen LogP contribution in [0.1, 0.15) is 50.2 Å². The molecule has 0 aliphatic rings. The lowest BCUT2D eigenvalue weighted by Gasteiger charge is -2.13. The Morgan fingerprint density at radius 1 is 1.33 bits per heavy atom. The van der Waals surface area contributed by atoms with E-state index < -0.39 is 5.97 Å². The maximum Gasteiger partial charge on any atom is 0.310 e. The molecule has 0 amide bonds. The van der Waals surface area contributed by atoms with Gasteiger partial charge in [-0.3, -0.25) is 4.79 Å². The van der Waals surface area contributed by atoms with Gasteiger partial charge in [0, 0.05) is 0 Å². The van der Waals surface area contributed by atoms with Crippen molar-refractivity contribution in [2.24, 2.45) is 0 Å². The van der Waals surface area contributed by atoms with Crippen molar-refractivity contribution in [1.82, 2.24) is 0 Å². The minimum Gasteiger partial charge on any atom is -0.481 e. The quantitative estimate of drug-likeness (QED) is 0.819. The molecule has 0 aromatic heterocycles. The molecule has 15 heavy (non-hydrogen) atoms. The Morgan fingerprint density at radius 2 is 1.93 bits per heavy atom. The zero-order chi connectivity index (χ0) is 11.4. The Bertz CT molecular complexity index is 342. The second-order valence-corrected chi connectivity index (χ2v) is 4.12. The van der Waals surface area contributed by atoms with E-state index in [0.717, 1.165) is 5.56 Å². The summed E-state index contributed by atoms with van der Waals surface area (Å²) in [5.41, 5.74) is 2.11. The molecule has 2 nitrogen and oxygen atoms in total. The van der Waals surface area contributed by atoms with Gasteiger partial charge in [0.1, 0.15) is 0 Å². The van der Waals surface area contributed by atoms with E-state index in [2.05, 4.69) is 13.8 Å². The van der Waals surface area contributed by atoms with Gasteiger partial charge in [-0.1, -0.05) is 45.0 Å². The van der Waals surface area contributed by atoms with Crippen molar-refractivity contribution in [1.29, 1.82) is 0 Å². The summed E-state index contributed by atoms with van der Waals surface area (Å²) in [6.45, 7) is 6.13. The van der Waals surface area contributed by atoms with E-state index in [1.165, 1.54) is 5.56 Å². The van der Waals surface area contributed by atoms with Gasteiger partial charge in [-0.05, 0) is 23.5 Å². The number of carboxylic acid groups (broad SMARTS) is 1. The summed E-state index contributed by atoms with van der Waals surface area (Å²) in [6.07, 6.45) is 0.636. The van der Waals surface area contributed by atoms with E-state index in [-0.39, 0.29) is 5.92 Å². The van der Waals surface area contributed by atoms with Gasteiger partial charge in [0.25, 0.3) is 0 Å². The van der Waals surface area contributed by atoms with E-state index in [1.54, 1.807) is 0 Å². The Morgan fingerprint density at radius 3 is 2.40 bits per heavy atom. The molecule has 0 heterocycles. The van der Waals surface area contributed by atoms with Gasteiger partial charge in [-0.15, -0.1) is 0 Å². The van der Waals surface area contributed by atoms with E-state index in [9.17, 15) is 4.79 Å². The molecule has 0 fully saturated rings. The topological polar surface area (TPSA) is 37.3 Å². The minimum atomic E-state index is -0.738. The van der Waals surface area contributed by atoms with Crippen LogP contribution in [0.2, 0.25) is 0 Å². The molecule has 1 unspecified atom stereocenters. The van der Waals surface area contributed by atoms with E-state index in [0.29, 0.717) is 12.3 Å². The van der Waals surface area contributed by atoms with Gasteiger partial charge in [-0.2, -0.15) is 0 Å². The Kier molecular flexibility index (Phi) is 3.89. The third kappa shape index (κ3) is 2.82. The van der Waals surface area contributed by atoms with Gasteiger partial charge in [0.2, 0.25) is 0 Å². The highest BCUT2D eigenvalue weighted by Crippen LogP contribution is 2.23. The first kappa shape index (κ1) is 11.8. The van der Waals surface area contributed by atoms with Crippen molar-refractivity contribution in [3.05, 3.63) is 35.4 Å². The van der Waals surface area contributed by atoms with Crippen LogP contribution in [0.15, 0.2) is 24.3 Å². The molecule has 82 valence electrons. The van der Waals surface area contributed by atoms with Crippen molar-refractivity contribution >= 4 is 5.97 Å². The zero-order valence-electron chi connectivity index (χ0n) is 9.53. The lowest BCUT2D eigenvalue weighted by atomic mass is 9.92. The third-order valence-electron chi connectivity index (χ3n) is 2.69. The van der Waals surface area contributed by atoms with Crippen molar-refractivity contribution in [2.75, 3.05) is 0 Å². The summed E-state index contributed by atoms with van der Waals surface area (Å²) >= 11 is 0. The van der Waals surface area contributed by atoms with Crippen molar-refractivity contribution in [3.8, 4) is 0 Å². The molecule has 0 saturated carbocycles. The van der Waals surface area contributed by atoms with Crippen LogP contribution in [-0.4, -0.2) is 11.1 Å². The fourth-order valence-corrected chi connectivity index (χ4v) is 1.69. The third-order valence-corrected chi connectivity index (χ3v) is 2.69. The predicted molar refractivity (Wildman–Crippen MR) is 61.2 cm³/mol. The van der Waals surface area contributed by atoms with E-state index >= 15 is 0 Å². The summed E-state index contributed by atoms with van der Waals surface area (Å²) in [6, 6.07) is 7.89. The molecule has 0 aliphatic carbocycles. The van der Waals surface area contributed by atoms with E-state index in [4.69, 9.17) is 5.11 Å². The standard InChI is InChI=1S/C13H18O2/c1-4-12(13(14)15)11-7-5-6-10(8-11)9(2)3/h5-9,12H,4H2,1-3H3,(H,14,15). The normalized spacial score (nSPS) is 12.8. The van der Waals surface area contributed by atoms with Gasteiger partial charge < -0.3 is 5.11 Å². The highest BCUT2D eigenvalue weighted by molar-refractivity contribution is 5.76. The largest absolute Gasteiger partial charge is 0.481 e. The Balaban J connectivity index is 3.03. The number of carbonyl (C=O) groups is 1. The van der Waals surface area contributed by atoms with Crippen molar-refractivity contribution in [3.63, 3.8) is 0 Å². The number of hydrogen-bond acceptors (Lipinski definition) is 1. The van der Waals surface area contributed by atoms with Crippen LogP contribution in [0.3, 0.4) is 0 Å². The average Bonchev–Trinajstić information content (AvgIpc) is 2.18. The first-order chi connectivity index (χ1) is 7.06. The number of carboxylic acids is 1. The average molecular weight is 206 g/mol. The molecular formula is C13H18O2. The maximum absolute atomic E-state index is 11.0. The van der Waals surface area contributed by atoms with Crippen LogP contribution in [0.25, 0.3) is 0 Å². The van der Waals surface area contributed by atoms with Crippen LogP contribution >= 0.6 is 0 Å². The van der Waals surface area contributed by atoms with E-state index in [1.807, 2.05) is 31.2 Å². The monoisotopic (exact) mass is 206 g/mol. The van der Waals surface area contributed by atoms with Crippen LogP contribution in [-0.2, 0) is 4.79 Å². The molecule has 0 aliphatic heterocycles. The maximum atomic E-state index is 11.0. The van der Waals surface area contributed by atoms with Crippen LogP contribution in [0.4, 0.5) is 0 Å². The lowest BCUT2D eigenvalue weighted by molar-refractivity contribution is -0.138. The number of aliphatic carboxylic acids is 1. The summed E-state index contributed by atoms with van der Waals surface area (Å²) in [7, 11) is 0. The highest BCUT2D eigenvalue weighted by atomic mass is 16.4. The Labute approximate surface area is 90.9 Å². The second kappa shape index (κ2) is 4.96. The number of hydrogen-bond donors (Lipinski definition) is 1. The number of benzene rings is 1. The fraction of sp³-hybridized carbons (Fsp3) is 0.462. The fourth-order valence-electron chi connectivity index (χ4n) is 1.69. The molecule has 1 aromatic rings. The van der Waals surface area contributed by atoms with Crippen LogP contribution in [0, 0.1) is 0 Å². The first-order valence-corrected chi connectivity index (χ1v) is 5.39. The van der Waals surface area contributed by atoms with Crippen molar-refractivity contribution < 1.29 is 9.90 Å². The summed E-state index contributed by atoms with van der Waals surface area (Å²) in [5.74, 6) is -0.668. The molecule has 1 rings (SSSR count). The van der Waals surface area contributed by atoms with Crippen LogP contribution < -0.4 is 0 Å². The SMILES string of the molecule is CCC(C(=O)O)c1cccc(C(C)C)c1. The molecule has 0 radical (unpaired) electrons. The number of rotatable bonds is 4. The van der Waals surface area contributed by atoms with Gasteiger partial charge in [0.05, 0.1) is 5.92 Å². The Hall–Kier alpha value is -1.31. The molecule has 1 aromatic carbocycles. The second-order valence-electron chi connectivity index (χ2n) is 4.12. The zero-order valence-corrected chi connectivity index (χ0v) is 9.53. The van der Waals surface area contributed by atoms with Gasteiger partial charge >= 0.3 is 5.97 Å². The molecular weight excluding hydrogens is 188 g/mol. The first-order valence-electron chi connectivity index (χ1n) is 5.39. The summed E-state index contributed by atoms with van der Waals surface area (Å²) in [5, 5.41) is 9.06. The molecule has 1 atom stereocenters. The summed E-state index contributed by atoms with van der Waals surface area (Å²) in [4.78, 5) is 11.0. The summed E-state index contributed by atoms with van der Waals surface area (Å²) < 4.78 is 0. The lowest BCUT2D eigenvalue weighted by Crippen LogP contribution is -2.10. The molecule has 0 saturated heterocycles. The smallest absolute Gasteiger partial charge is 0.310 e. The molecule has 1 N–H and O–H groups in total. The molecule has 2 heteroatoms. The molecule has 0 bridgehead atoms. The highest BCUT2D eigenvalue weighted by Gasteiger charge is 2.17. The van der Waals surface area contributed by atoms with Crippen molar-refractivity contribution in [2.45, 2.75) is 39.0 Å². The minimum absolute atomic E-state index is 0.372.